The van der Waals surface area contributed by atoms with Crippen molar-refractivity contribution < 1.29 is 9.90 Å². The van der Waals surface area contributed by atoms with Crippen LogP contribution in [-0.2, 0) is 0 Å². The summed E-state index contributed by atoms with van der Waals surface area (Å²) in [4.78, 5) is 12.3. The van der Waals surface area contributed by atoms with E-state index >= 15 is 0 Å². The molecule has 1 heterocycles. The predicted molar refractivity (Wildman–Crippen MR) is 39.5 cm³/mol. The molecule has 1 saturated carbocycles. The van der Waals surface area contributed by atoms with Crippen molar-refractivity contribution >= 4 is 6.09 Å². The average Bonchev–Trinajstić information content (AvgIpc) is 2.58. The Morgan fingerprint density at radius 1 is 1.36 bits per heavy atom. The van der Waals surface area contributed by atoms with E-state index < -0.39 is 6.09 Å². The van der Waals surface area contributed by atoms with Crippen molar-refractivity contribution in [3.8, 4) is 0 Å². The highest BCUT2D eigenvalue weighted by Gasteiger charge is 2.39. The molecule has 2 N–H and O–H groups in total. The van der Waals surface area contributed by atoms with E-state index in [1.807, 2.05) is 0 Å². The molecule has 0 aromatic rings. The summed E-state index contributed by atoms with van der Waals surface area (Å²) in [6, 6.07) is 0.583. The maximum absolute atomic E-state index is 10.7. The van der Waals surface area contributed by atoms with Gasteiger partial charge in [-0.25, -0.2) is 4.79 Å². The minimum absolute atomic E-state index is 0.250. The molecule has 0 radical (unpaired) electrons. The summed E-state index contributed by atoms with van der Waals surface area (Å²) >= 11 is 0. The highest BCUT2D eigenvalue weighted by molar-refractivity contribution is 5.66. The van der Waals surface area contributed by atoms with Crippen LogP contribution in [-0.4, -0.2) is 41.3 Å². The van der Waals surface area contributed by atoms with Crippen molar-refractivity contribution in [2.75, 3.05) is 13.1 Å². The van der Waals surface area contributed by atoms with E-state index in [2.05, 4.69) is 5.32 Å². The second kappa shape index (κ2) is 2.37. The van der Waals surface area contributed by atoms with Crippen molar-refractivity contribution in [3.63, 3.8) is 0 Å². The first-order valence-corrected chi connectivity index (χ1v) is 4.01. The summed E-state index contributed by atoms with van der Waals surface area (Å²) in [5, 5.41) is 11.9. The molecule has 1 saturated heterocycles. The Labute approximate surface area is 65.2 Å². The van der Waals surface area contributed by atoms with E-state index in [4.69, 9.17) is 5.11 Å². The van der Waals surface area contributed by atoms with Gasteiger partial charge in [0, 0.05) is 19.1 Å². The summed E-state index contributed by atoms with van der Waals surface area (Å²) < 4.78 is 0. The fourth-order valence-corrected chi connectivity index (χ4v) is 1.43. The Hall–Kier alpha value is -0.770. The molecule has 4 nitrogen and oxygen atoms in total. The standard InChI is InChI=1S/C7H12N2O2/c10-7(11)9(5-1-2-5)6-3-8-4-6/h5-6,8H,1-4H2,(H,10,11). The van der Waals surface area contributed by atoms with Crippen LogP contribution >= 0.6 is 0 Å². The molecule has 0 spiro atoms. The number of hydrogen-bond donors (Lipinski definition) is 2. The third-order valence-corrected chi connectivity index (χ3v) is 2.31. The minimum atomic E-state index is -0.751. The molecule has 4 heteroatoms. The fraction of sp³-hybridized carbons (Fsp3) is 0.857. The van der Waals surface area contributed by atoms with Gasteiger partial charge >= 0.3 is 6.09 Å². The Morgan fingerprint density at radius 2 is 2.00 bits per heavy atom. The SMILES string of the molecule is O=C(O)N(C1CC1)C1CNC1. The van der Waals surface area contributed by atoms with Crippen molar-refractivity contribution in [3.05, 3.63) is 0 Å². The topological polar surface area (TPSA) is 52.6 Å². The van der Waals surface area contributed by atoms with Gasteiger partial charge in [-0.1, -0.05) is 0 Å². The summed E-state index contributed by atoms with van der Waals surface area (Å²) in [5.74, 6) is 0. The van der Waals surface area contributed by atoms with Gasteiger partial charge in [-0.15, -0.1) is 0 Å². The van der Waals surface area contributed by atoms with Gasteiger partial charge in [-0.2, -0.15) is 0 Å². The zero-order chi connectivity index (χ0) is 7.84. The molecule has 11 heavy (non-hydrogen) atoms. The van der Waals surface area contributed by atoms with Crippen LogP contribution in [0.4, 0.5) is 4.79 Å². The number of nitrogens with one attached hydrogen (secondary N) is 1. The average molecular weight is 156 g/mol. The summed E-state index contributed by atoms with van der Waals surface area (Å²) in [6.07, 6.45) is 1.37. The quantitative estimate of drug-likeness (QED) is 0.596. The van der Waals surface area contributed by atoms with Crippen LogP contribution < -0.4 is 5.32 Å². The summed E-state index contributed by atoms with van der Waals surface area (Å²) in [6.45, 7) is 1.67. The molecule has 0 unspecified atom stereocenters. The number of nitrogens with zero attached hydrogens (tertiary/aromatic N) is 1. The number of amides is 1. The largest absolute Gasteiger partial charge is 0.465 e. The van der Waals surface area contributed by atoms with Crippen LogP contribution in [0.1, 0.15) is 12.8 Å². The number of rotatable bonds is 2. The zero-order valence-electron chi connectivity index (χ0n) is 6.29. The Morgan fingerprint density at radius 3 is 2.27 bits per heavy atom. The van der Waals surface area contributed by atoms with Gasteiger partial charge in [0.1, 0.15) is 0 Å². The van der Waals surface area contributed by atoms with Crippen LogP contribution in [0.5, 0.6) is 0 Å². The van der Waals surface area contributed by atoms with Crippen molar-refractivity contribution in [1.29, 1.82) is 0 Å². The van der Waals surface area contributed by atoms with E-state index in [1.54, 1.807) is 4.90 Å². The first-order chi connectivity index (χ1) is 5.29. The van der Waals surface area contributed by atoms with E-state index in [-0.39, 0.29) is 6.04 Å². The third-order valence-electron chi connectivity index (χ3n) is 2.31. The lowest BCUT2D eigenvalue weighted by Gasteiger charge is -2.36. The molecule has 2 fully saturated rings. The van der Waals surface area contributed by atoms with Crippen LogP contribution in [0.3, 0.4) is 0 Å². The summed E-state index contributed by atoms with van der Waals surface area (Å²) in [5.41, 5.74) is 0. The molecule has 2 aliphatic rings. The van der Waals surface area contributed by atoms with Gasteiger partial charge < -0.3 is 10.4 Å². The highest BCUT2D eigenvalue weighted by atomic mass is 16.4. The van der Waals surface area contributed by atoms with Gasteiger partial charge in [0.15, 0.2) is 0 Å². The van der Waals surface area contributed by atoms with E-state index in [0.717, 1.165) is 25.9 Å². The number of hydrogen-bond acceptors (Lipinski definition) is 2. The lowest BCUT2D eigenvalue weighted by molar-refractivity contribution is 0.102. The second-order valence-electron chi connectivity index (χ2n) is 3.23. The van der Waals surface area contributed by atoms with Gasteiger partial charge in [0.05, 0.1) is 6.04 Å². The molecule has 0 bridgehead atoms. The molecule has 2 rings (SSSR count). The summed E-state index contributed by atoms with van der Waals surface area (Å²) in [7, 11) is 0. The molecule has 0 aromatic heterocycles. The molecule has 1 aliphatic heterocycles. The Kier molecular flexibility index (Phi) is 1.49. The third kappa shape index (κ3) is 1.18. The highest BCUT2D eigenvalue weighted by Crippen LogP contribution is 2.29. The maximum Gasteiger partial charge on any atom is 0.407 e. The lowest BCUT2D eigenvalue weighted by atomic mass is 10.1. The zero-order valence-corrected chi connectivity index (χ0v) is 6.29. The molecular formula is C7H12N2O2. The molecule has 0 atom stereocenters. The first kappa shape index (κ1) is 6.91. The Balaban J connectivity index is 1.96. The van der Waals surface area contributed by atoms with Gasteiger partial charge in [-0.05, 0) is 12.8 Å². The number of carboxylic acid groups (broad SMARTS) is 1. The van der Waals surface area contributed by atoms with E-state index in [9.17, 15) is 4.79 Å². The smallest absolute Gasteiger partial charge is 0.407 e. The lowest BCUT2D eigenvalue weighted by Crippen LogP contribution is -2.59. The van der Waals surface area contributed by atoms with Gasteiger partial charge in [-0.3, -0.25) is 4.90 Å². The van der Waals surface area contributed by atoms with Gasteiger partial charge in [0.25, 0.3) is 0 Å². The van der Waals surface area contributed by atoms with Crippen LogP contribution in [0, 0.1) is 0 Å². The molecule has 62 valence electrons. The molecule has 1 aliphatic carbocycles. The van der Waals surface area contributed by atoms with Crippen LogP contribution in [0.2, 0.25) is 0 Å². The first-order valence-electron chi connectivity index (χ1n) is 4.01. The fourth-order valence-electron chi connectivity index (χ4n) is 1.43. The van der Waals surface area contributed by atoms with Gasteiger partial charge in [0.2, 0.25) is 0 Å². The van der Waals surface area contributed by atoms with Crippen molar-refractivity contribution in [1.82, 2.24) is 10.2 Å². The van der Waals surface area contributed by atoms with E-state index in [0.29, 0.717) is 6.04 Å². The maximum atomic E-state index is 10.7. The van der Waals surface area contributed by atoms with Crippen LogP contribution in [0.25, 0.3) is 0 Å². The van der Waals surface area contributed by atoms with Crippen molar-refractivity contribution in [2.24, 2.45) is 0 Å². The Bertz CT molecular complexity index is 175. The van der Waals surface area contributed by atoms with Crippen LogP contribution in [0.15, 0.2) is 0 Å². The minimum Gasteiger partial charge on any atom is -0.465 e. The molecule has 0 aromatic carbocycles. The number of carbonyl (C=O) groups is 1. The second-order valence-corrected chi connectivity index (χ2v) is 3.23. The molecule has 1 amide bonds. The normalized spacial score (nSPS) is 24.4. The predicted octanol–water partition coefficient (Wildman–Crippen LogP) is 0.101. The van der Waals surface area contributed by atoms with E-state index in [1.165, 1.54) is 0 Å². The monoisotopic (exact) mass is 156 g/mol. The molecular weight excluding hydrogens is 144 g/mol. The van der Waals surface area contributed by atoms with Crippen molar-refractivity contribution in [2.45, 2.75) is 24.9 Å².